The molecule has 1 aliphatic heterocycles. The van der Waals surface area contributed by atoms with E-state index in [2.05, 4.69) is 4.90 Å². The third-order valence-electron chi connectivity index (χ3n) is 3.59. The van der Waals surface area contributed by atoms with Crippen LogP contribution in [-0.4, -0.2) is 49.7 Å². The Balaban J connectivity index is 2.88. The predicted molar refractivity (Wildman–Crippen MR) is 67.0 cm³/mol. The molecule has 0 bridgehead atoms. The maximum atomic E-state index is 12.0. The molecule has 1 heterocycles. The van der Waals surface area contributed by atoms with Crippen molar-refractivity contribution in [1.29, 1.82) is 0 Å². The quantitative estimate of drug-likeness (QED) is 0.693. The minimum Gasteiger partial charge on any atom is -0.469 e. The molecular formula is C13H23NO4. The molecule has 0 N–H and O–H groups in total. The first-order chi connectivity index (χ1) is 8.51. The van der Waals surface area contributed by atoms with Crippen molar-refractivity contribution < 1.29 is 19.1 Å². The molecule has 1 fully saturated rings. The van der Waals surface area contributed by atoms with E-state index >= 15 is 0 Å². The molecule has 3 atom stereocenters. The summed E-state index contributed by atoms with van der Waals surface area (Å²) in [4.78, 5) is 25.3. The fourth-order valence-corrected chi connectivity index (χ4v) is 2.71. The Morgan fingerprint density at radius 3 is 2.50 bits per heavy atom. The van der Waals surface area contributed by atoms with E-state index in [-0.39, 0.29) is 18.0 Å². The highest BCUT2D eigenvalue weighted by Gasteiger charge is 2.41. The summed E-state index contributed by atoms with van der Waals surface area (Å²) in [6.07, 6.45) is 2.21. The molecule has 0 spiro atoms. The van der Waals surface area contributed by atoms with Crippen molar-refractivity contribution in [3.63, 3.8) is 0 Å². The second-order valence-electron chi connectivity index (χ2n) is 4.80. The van der Waals surface area contributed by atoms with E-state index in [1.165, 1.54) is 14.0 Å². The second-order valence-corrected chi connectivity index (χ2v) is 4.80. The first-order valence-electron chi connectivity index (χ1n) is 6.46. The molecule has 0 aromatic carbocycles. The van der Waals surface area contributed by atoms with Crippen LogP contribution >= 0.6 is 0 Å². The van der Waals surface area contributed by atoms with Gasteiger partial charge in [0.05, 0.1) is 7.11 Å². The van der Waals surface area contributed by atoms with E-state index in [1.807, 2.05) is 14.0 Å². The number of nitrogens with zero attached hydrogens (tertiary/aromatic N) is 1. The number of carbonyl (C=O) groups excluding carboxylic acids is 2. The van der Waals surface area contributed by atoms with Crippen LogP contribution in [0.15, 0.2) is 0 Å². The number of ether oxygens (including phenoxy) is 2. The van der Waals surface area contributed by atoms with Crippen LogP contribution in [0.1, 0.15) is 33.1 Å². The van der Waals surface area contributed by atoms with E-state index in [4.69, 9.17) is 9.47 Å². The molecule has 1 saturated heterocycles. The minimum absolute atomic E-state index is 0.0988. The number of carbonyl (C=O) groups is 2. The number of likely N-dealkylation sites (tertiary alicyclic amines) is 1. The fourth-order valence-electron chi connectivity index (χ4n) is 2.71. The lowest BCUT2D eigenvalue weighted by Gasteiger charge is -2.32. The molecular weight excluding hydrogens is 234 g/mol. The van der Waals surface area contributed by atoms with Crippen LogP contribution < -0.4 is 0 Å². The van der Waals surface area contributed by atoms with Crippen LogP contribution in [0, 0.1) is 5.92 Å². The van der Waals surface area contributed by atoms with Gasteiger partial charge in [-0.05, 0) is 32.9 Å². The number of rotatable bonds is 5. The SMILES string of the molecule is CCC(OC(C)=O)C(C(=O)OC)C1CCCN1C. The topological polar surface area (TPSA) is 55.8 Å². The van der Waals surface area contributed by atoms with E-state index < -0.39 is 12.0 Å². The fraction of sp³-hybridized carbons (Fsp3) is 0.846. The van der Waals surface area contributed by atoms with Gasteiger partial charge in [0.15, 0.2) is 0 Å². The van der Waals surface area contributed by atoms with Crippen molar-refractivity contribution in [2.24, 2.45) is 5.92 Å². The van der Waals surface area contributed by atoms with Crippen LogP contribution in [0.5, 0.6) is 0 Å². The third kappa shape index (κ3) is 3.45. The molecule has 5 heteroatoms. The van der Waals surface area contributed by atoms with Gasteiger partial charge in [-0.15, -0.1) is 0 Å². The molecule has 0 amide bonds. The average molecular weight is 257 g/mol. The molecule has 0 aromatic rings. The van der Waals surface area contributed by atoms with Gasteiger partial charge in [0.25, 0.3) is 0 Å². The lowest BCUT2D eigenvalue weighted by atomic mass is 9.90. The first kappa shape index (κ1) is 15.0. The molecule has 0 aromatic heterocycles. The molecule has 0 saturated carbocycles. The largest absolute Gasteiger partial charge is 0.469 e. The number of esters is 2. The van der Waals surface area contributed by atoms with Crippen LogP contribution in [0.4, 0.5) is 0 Å². The molecule has 3 unspecified atom stereocenters. The Bertz CT molecular complexity index is 305. The van der Waals surface area contributed by atoms with Gasteiger partial charge in [-0.25, -0.2) is 0 Å². The van der Waals surface area contributed by atoms with Gasteiger partial charge in [-0.3, -0.25) is 9.59 Å². The summed E-state index contributed by atoms with van der Waals surface area (Å²) in [5, 5.41) is 0. The maximum absolute atomic E-state index is 12.0. The summed E-state index contributed by atoms with van der Waals surface area (Å²) < 4.78 is 10.2. The van der Waals surface area contributed by atoms with Crippen molar-refractivity contribution in [3.8, 4) is 0 Å². The summed E-state index contributed by atoms with van der Waals surface area (Å²) in [5.41, 5.74) is 0. The molecule has 1 aliphatic rings. The lowest BCUT2D eigenvalue weighted by Crippen LogP contribution is -2.45. The summed E-state index contributed by atoms with van der Waals surface area (Å²) in [6, 6.07) is 0.0988. The lowest BCUT2D eigenvalue weighted by molar-refractivity contribution is -0.162. The molecule has 0 radical (unpaired) electrons. The van der Waals surface area contributed by atoms with E-state index in [0.29, 0.717) is 6.42 Å². The summed E-state index contributed by atoms with van der Waals surface area (Å²) in [7, 11) is 3.37. The van der Waals surface area contributed by atoms with Gasteiger partial charge >= 0.3 is 11.9 Å². The van der Waals surface area contributed by atoms with Crippen LogP contribution in [0.25, 0.3) is 0 Å². The Morgan fingerprint density at radius 2 is 2.11 bits per heavy atom. The van der Waals surface area contributed by atoms with Gasteiger partial charge in [-0.2, -0.15) is 0 Å². The van der Waals surface area contributed by atoms with Crippen LogP contribution in [0.2, 0.25) is 0 Å². The summed E-state index contributed by atoms with van der Waals surface area (Å²) >= 11 is 0. The Hall–Kier alpha value is -1.10. The van der Waals surface area contributed by atoms with Gasteiger partial charge in [0.1, 0.15) is 12.0 Å². The van der Waals surface area contributed by atoms with Crippen LogP contribution in [0.3, 0.4) is 0 Å². The second kappa shape index (κ2) is 6.73. The maximum Gasteiger partial charge on any atom is 0.314 e. The number of hydrogen-bond acceptors (Lipinski definition) is 5. The molecule has 0 aliphatic carbocycles. The summed E-state index contributed by atoms with van der Waals surface area (Å²) in [5.74, 6) is -1.03. The number of methoxy groups -OCH3 is 1. The molecule has 1 rings (SSSR count). The van der Waals surface area contributed by atoms with E-state index in [0.717, 1.165) is 19.4 Å². The Kier molecular flexibility index (Phi) is 5.59. The zero-order valence-corrected chi connectivity index (χ0v) is 11.6. The van der Waals surface area contributed by atoms with Crippen molar-refractivity contribution in [2.45, 2.75) is 45.3 Å². The molecule has 18 heavy (non-hydrogen) atoms. The van der Waals surface area contributed by atoms with E-state index in [1.54, 1.807) is 0 Å². The standard InChI is InChI=1S/C13H23NO4/c1-5-11(18-9(2)15)12(13(16)17-4)10-7-6-8-14(10)3/h10-12H,5-8H2,1-4H3. The van der Waals surface area contributed by atoms with Gasteiger partial charge in [0, 0.05) is 13.0 Å². The smallest absolute Gasteiger partial charge is 0.314 e. The van der Waals surface area contributed by atoms with E-state index in [9.17, 15) is 9.59 Å². The Morgan fingerprint density at radius 1 is 1.44 bits per heavy atom. The van der Waals surface area contributed by atoms with Gasteiger partial charge < -0.3 is 14.4 Å². The highest BCUT2D eigenvalue weighted by Crippen LogP contribution is 2.28. The predicted octanol–water partition coefficient (Wildman–Crippen LogP) is 1.21. The van der Waals surface area contributed by atoms with Crippen molar-refractivity contribution in [1.82, 2.24) is 4.90 Å². The van der Waals surface area contributed by atoms with Gasteiger partial charge in [0.2, 0.25) is 0 Å². The average Bonchev–Trinajstić information content (AvgIpc) is 2.74. The molecule has 104 valence electrons. The van der Waals surface area contributed by atoms with Crippen molar-refractivity contribution in [3.05, 3.63) is 0 Å². The summed E-state index contributed by atoms with van der Waals surface area (Å²) in [6.45, 7) is 4.25. The first-order valence-corrected chi connectivity index (χ1v) is 6.46. The highest BCUT2D eigenvalue weighted by molar-refractivity contribution is 5.75. The normalized spacial score (nSPS) is 23.4. The third-order valence-corrected chi connectivity index (χ3v) is 3.59. The van der Waals surface area contributed by atoms with Crippen LogP contribution in [-0.2, 0) is 19.1 Å². The zero-order valence-electron chi connectivity index (χ0n) is 11.6. The van der Waals surface area contributed by atoms with Gasteiger partial charge in [-0.1, -0.05) is 6.92 Å². The minimum atomic E-state index is -0.402. The van der Waals surface area contributed by atoms with Crippen molar-refractivity contribution in [2.75, 3.05) is 20.7 Å². The van der Waals surface area contributed by atoms with Crippen molar-refractivity contribution >= 4 is 11.9 Å². The monoisotopic (exact) mass is 257 g/mol. The number of hydrogen-bond donors (Lipinski definition) is 0. The Labute approximate surface area is 108 Å². The molecule has 5 nitrogen and oxygen atoms in total. The zero-order chi connectivity index (χ0) is 13.7. The highest BCUT2D eigenvalue weighted by atomic mass is 16.6.